The van der Waals surface area contributed by atoms with E-state index in [1.807, 2.05) is 30.3 Å². The molecule has 0 aliphatic carbocycles. The van der Waals surface area contributed by atoms with Gasteiger partial charge in [-0.15, -0.1) is 0 Å². The lowest BCUT2D eigenvalue weighted by Crippen LogP contribution is -2.38. The molecule has 1 atom stereocenters. The van der Waals surface area contributed by atoms with Crippen molar-refractivity contribution in [3.8, 4) is 0 Å². The number of benzene rings is 1. The molecule has 9 nitrogen and oxygen atoms in total. The summed E-state index contributed by atoms with van der Waals surface area (Å²) in [7, 11) is -3.44. The van der Waals surface area contributed by atoms with Crippen LogP contribution in [0, 0.1) is 0 Å². The highest BCUT2D eigenvalue weighted by Gasteiger charge is 2.38. The van der Waals surface area contributed by atoms with Crippen LogP contribution in [0.2, 0.25) is 0 Å². The van der Waals surface area contributed by atoms with Gasteiger partial charge in [0.05, 0.1) is 13.2 Å². The molecule has 10 heteroatoms. The van der Waals surface area contributed by atoms with Gasteiger partial charge in [-0.2, -0.15) is 0 Å². The predicted molar refractivity (Wildman–Crippen MR) is 108 cm³/mol. The van der Waals surface area contributed by atoms with Crippen LogP contribution in [0.25, 0.3) is 0 Å². The summed E-state index contributed by atoms with van der Waals surface area (Å²) in [5.74, 6) is -0.821. The highest BCUT2D eigenvalue weighted by atomic mass is 31.2. The fourth-order valence-electron chi connectivity index (χ4n) is 3.01. The van der Waals surface area contributed by atoms with E-state index in [1.54, 1.807) is 13.8 Å². The monoisotopic (exact) mass is 441 g/mol. The predicted octanol–water partition coefficient (Wildman–Crippen LogP) is 3.51. The van der Waals surface area contributed by atoms with E-state index in [-0.39, 0.29) is 51.3 Å². The van der Waals surface area contributed by atoms with Gasteiger partial charge in [0.25, 0.3) is 0 Å². The van der Waals surface area contributed by atoms with Gasteiger partial charge >= 0.3 is 19.7 Å². The molecule has 1 amide bonds. The number of carbonyl (C=O) groups is 3. The van der Waals surface area contributed by atoms with Crippen LogP contribution in [0.3, 0.4) is 0 Å². The van der Waals surface area contributed by atoms with Gasteiger partial charge in [-0.05, 0) is 32.3 Å². The maximum absolute atomic E-state index is 12.4. The number of carbonyl (C=O) groups excluding carboxylic acids is 3. The van der Waals surface area contributed by atoms with Gasteiger partial charge in [-0.3, -0.25) is 14.3 Å². The number of rotatable bonds is 12. The molecule has 2 rings (SSSR count). The zero-order chi connectivity index (χ0) is 22.0. The molecule has 1 fully saturated rings. The van der Waals surface area contributed by atoms with E-state index >= 15 is 0 Å². The summed E-state index contributed by atoms with van der Waals surface area (Å²) >= 11 is 0. The molecule has 1 aromatic rings. The molecule has 0 saturated carbocycles. The van der Waals surface area contributed by atoms with Gasteiger partial charge in [0.2, 0.25) is 0 Å². The summed E-state index contributed by atoms with van der Waals surface area (Å²) in [6, 6.07) is 8.36. The molecule has 30 heavy (non-hydrogen) atoms. The maximum atomic E-state index is 12.4. The Bertz CT molecular complexity index is 759. The molecule has 0 bridgehead atoms. The van der Waals surface area contributed by atoms with Gasteiger partial charge in [0.1, 0.15) is 24.6 Å². The Kier molecular flexibility index (Phi) is 9.49. The van der Waals surface area contributed by atoms with E-state index in [0.29, 0.717) is 6.42 Å². The molecule has 1 aromatic carbocycles. The first-order chi connectivity index (χ1) is 14.4. The third kappa shape index (κ3) is 7.23. The molecular weight excluding hydrogens is 413 g/mol. The van der Waals surface area contributed by atoms with E-state index in [4.69, 9.17) is 18.5 Å². The van der Waals surface area contributed by atoms with Crippen molar-refractivity contribution in [3.63, 3.8) is 0 Å². The summed E-state index contributed by atoms with van der Waals surface area (Å²) < 4.78 is 32.9. The summed E-state index contributed by atoms with van der Waals surface area (Å²) in [5.41, 5.74) is 0.826. The van der Waals surface area contributed by atoms with Crippen molar-refractivity contribution in [1.29, 1.82) is 0 Å². The Morgan fingerprint density at radius 2 is 1.83 bits per heavy atom. The minimum atomic E-state index is -3.44. The number of hydrogen-bond donors (Lipinski definition) is 0. The quantitative estimate of drug-likeness (QED) is 0.358. The van der Waals surface area contributed by atoms with Crippen molar-refractivity contribution in [2.75, 3.05) is 26.1 Å². The molecule has 166 valence electrons. The average molecular weight is 441 g/mol. The minimum absolute atomic E-state index is 0.0830. The van der Waals surface area contributed by atoms with E-state index in [2.05, 4.69) is 0 Å². The van der Waals surface area contributed by atoms with Crippen molar-refractivity contribution >= 4 is 25.4 Å². The molecule has 1 aliphatic heterocycles. The summed E-state index contributed by atoms with van der Waals surface area (Å²) in [5, 5.41) is 0. The number of ketones is 1. The molecule has 0 unspecified atom stereocenters. The van der Waals surface area contributed by atoms with Crippen LogP contribution >= 0.6 is 7.60 Å². The Morgan fingerprint density at radius 1 is 1.17 bits per heavy atom. The lowest BCUT2D eigenvalue weighted by atomic mass is 10.1. The topological polar surface area (TPSA) is 108 Å². The highest BCUT2D eigenvalue weighted by Crippen LogP contribution is 2.48. The Balaban J connectivity index is 1.82. The number of amides is 1. The molecule has 1 saturated heterocycles. The van der Waals surface area contributed by atoms with E-state index in [1.165, 1.54) is 4.90 Å². The number of nitrogens with zero attached hydrogens (tertiary/aromatic N) is 1. The molecular formula is C20H28NO8P. The lowest BCUT2D eigenvalue weighted by molar-refractivity contribution is -0.139. The molecule has 0 aromatic heterocycles. The van der Waals surface area contributed by atoms with Crippen LogP contribution < -0.4 is 0 Å². The number of esters is 1. The molecule has 0 N–H and O–H groups in total. The summed E-state index contributed by atoms with van der Waals surface area (Å²) in [4.78, 5) is 37.7. The van der Waals surface area contributed by atoms with Gasteiger partial charge in [-0.25, -0.2) is 9.59 Å². The van der Waals surface area contributed by atoms with Crippen molar-refractivity contribution in [3.05, 3.63) is 35.9 Å². The largest absolute Gasteiger partial charge is 0.444 e. The number of cyclic esters (lactones) is 1. The molecule has 1 aliphatic rings. The first-order valence-corrected chi connectivity index (χ1v) is 11.6. The molecule has 0 spiro atoms. The van der Waals surface area contributed by atoms with Gasteiger partial charge in [0, 0.05) is 6.42 Å². The Morgan fingerprint density at radius 3 is 2.47 bits per heavy atom. The Hall–Kier alpha value is -2.22. The number of Topliss-reactive ketones (excluding diaryl/α,β-unsaturated/α-hetero) is 1. The average Bonchev–Trinajstić information content (AvgIpc) is 3.07. The van der Waals surface area contributed by atoms with Crippen LogP contribution in [0.1, 0.15) is 38.7 Å². The standard InChI is InChI=1S/C20H28NO8P/c1-3-28-30(25,29-4-2)14-17(22)11-8-12-18-19(23)27-15-21(18)20(24)26-13-16-9-6-5-7-10-16/h5-7,9-10,18H,3-4,8,11-15H2,1-2H3/t18-/m1/s1. The molecule has 1 heterocycles. The second kappa shape index (κ2) is 11.8. The fourth-order valence-corrected chi connectivity index (χ4v) is 4.65. The van der Waals surface area contributed by atoms with Gasteiger partial charge < -0.3 is 18.5 Å². The third-order valence-corrected chi connectivity index (χ3v) is 6.43. The number of hydrogen-bond acceptors (Lipinski definition) is 8. The first-order valence-electron chi connectivity index (χ1n) is 9.92. The van der Waals surface area contributed by atoms with Crippen LogP contribution in [0.5, 0.6) is 0 Å². The van der Waals surface area contributed by atoms with Crippen molar-refractivity contribution in [1.82, 2.24) is 4.90 Å². The highest BCUT2D eigenvalue weighted by molar-refractivity contribution is 7.54. The minimum Gasteiger partial charge on any atom is -0.444 e. The van der Waals surface area contributed by atoms with Gasteiger partial charge in [-0.1, -0.05) is 30.3 Å². The van der Waals surface area contributed by atoms with Crippen molar-refractivity contribution in [2.24, 2.45) is 0 Å². The smallest absolute Gasteiger partial charge is 0.413 e. The van der Waals surface area contributed by atoms with Crippen LogP contribution in [-0.2, 0) is 39.3 Å². The third-order valence-electron chi connectivity index (χ3n) is 4.39. The molecule has 0 radical (unpaired) electrons. The van der Waals surface area contributed by atoms with Crippen molar-refractivity contribution < 1.29 is 37.5 Å². The van der Waals surface area contributed by atoms with Crippen LogP contribution in [-0.4, -0.2) is 54.9 Å². The van der Waals surface area contributed by atoms with Crippen LogP contribution in [0.4, 0.5) is 4.79 Å². The van der Waals surface area contributed by atoms with E-state index in [0.717, 1.165) is 5.56 Å². The van der Waals surface area contributed by atoms with Crippen LogP contribution in [0.15, 0.2) is 30.3 Å². The lowest BCUT2D eigenvalue weighted by Gasteiger charge is -2.20. The fraction of sp³-hybridized carbons (Fsp3) is 0.550. The SMILES string of the molecule is CCOP(=O)(CC(=O)CCC[C@@H]1C(=O)OCN1C(=O)OCc1ccccc1)OCC. The van der Waals surface area contributed by atoms with Crippen molar-refractivity contribution in [2.45, 2.75) is 45.8 Å². The summed E-state index contributed by atoms with van der Waals surface area (Å²) in [6.07, 6.45) is -0.330. The second-order valence-electron chi connectivity index (χ2n) is 6.65. The zero-order valence-electron chi connectivity index (χ0n) is 17.3. The summed E-state index contributed by atoms with van der Waals surface area (Å²) in [6.45, 7) is 3.60. The number of ether oxygens (including phenoxy) is 2. The normalized spacial score (nSPS) is 16.4. The maximum Gasteiger partial charge on any atom is 0.413 e. The second-order valence-corrected chi connectivity index (χ2v) is 8.71. The zero-order valence-corrected chi connectivity index (χ0v) is 18.2. The first kappa shape index (κ1) is 24.1. The van der Waals surface area contributed by atoms with E-state index in [9.17, 15) is 18.9 Å². The van der Waals surface area contributed by atoms with E-state index < -0.39 is 25.7 Å². The Labute approximate surface area is 176 Å². The van der Waals surface area contributed by atoms with Gasteiger partial charge in [0.15, 0.2) is 6.73 Å².